The van der Waals surface area contributed by atoms with Gasteiger partial charge in [0.25, 0.3) is 30.4 Å². The van der Waals surface area contributed by atoms with Gasteiger partial charge in [-0.3, -0.25) is 23.1 Å². The maximum absolute atomic E-state index is 12.7. The van der Waals surface area contributed by atoms with E-state index in [-0.39, 0.29) is 47.9 Å². The number of hydrogen-bond donors (Lipinski definition) is 5. The van der Waals surface area contributed by atoms with Gasteiger partial charge in [-0.2, -0.15) is 29.8 Å². The third-order valence-electron chi connectivity index (χ3n) is 12.7. The van der Waals surface area contributed by atoms with Crippen LogP contribution in [0.1, 0.15) is 102 Å². The molecule has 0 fully saturated rings. The monoisotopic (exact) mass is 1090 g/mol. The summed E-state index contributed by atoms with van der Waals surface area (Å²) in [5, 5.41) is 17.9. The van der Waals surface area contributed by atoms with Crippen LogP contribution in [0.15, 0.2) is 93.6 Å². The van der Waals surface area contributed by atoms with Crippen LogP contribution in [0.5, 0.6) is 0 Å². The fraction of sp³-hybridized carbons (Fsp3) is 0.522. The third-order valence-corrected chi connectivity index (χ3v) is 16.0. The number of hydrogen-bond acceptors (Lipinski definition) is 15. The lowest BCUT2D eigenvalue weighted by atomic mass is 9.77. The highest BCUT2D eigenvalue weighted by Gasteiger charge is 2.45. The number of aromatic nitrogens is 3. The van der Waals surface area contributed by atoms with Crippen LogP contribution in [-0.2, 0) is 69.2 Å². The van der Waals surface area contributed by atoms with Crippen molar-refractivity contribution in [3.05, 3.63) is 106 Å². The van der Waals surface area contributed by atoms with E-state index in [1.807, 2.05) is 26.1 Å². The molecule has 1 atom stereocenters. The molecular weight excluding hydrogens is 1030 g/mol. The van der Waals surface area contributed by atoms with Gasteiger partial charge in [-0.15, -0.1) is 5.10 Å². The van der Waals surface area contributed by atoms with E-state index in [0.29, 0.717) is 100 Å². The summed E-state index contributed by atoms with van der Waals surface area (Å²) in [6.45, 7) is 8.85. The van der Waals surface area contributed by atoms with Crippen molar-refractivity contribution in [2.24, 2.45) is 5.11 Å². The molecular formula is C46H64N10O13S4. The number of unbranched alkanes of at least 4 members (excludes halogenated alkanes) is 3. The zero-order valence-electron chi connectivity index (χ0n) is 41.0. The van der Waals surface area contributed by atoms with E-state index < -0.39 is 62.8 Å². The predicted octanol–water partition coefficient (Wildman–Crippen LogP) is 5.47. The Balaban J connectivity index is 1.30. The molecule has 0 saturated carbocycles. The van der Waals surface area contributed by atoms with Gasteiger partial charge in [0.1, 0.15) is 16.7 Å². The number of nitrogens with one attached hydrogen (secondary N) is 2. The summed E-state index contributed by atoms with van der Waals surface area (Å²) in [6, 6.07) is 8.30. The van der Waals surface area contributed by atoms with Crippen LogP contribution >= 0.6 is 0 Å². The zero-order valence-corrected chi connectivity index (χ0v) is 44.3. The first-order chi connectivity index (χ1) is 34.2. The Morgan fingerprint density at radius 3 is 2.25 bits per heavy atom. The summed E-state index contributed by atoms with van der Waals surface area (Å²) in [6.07, 6.45) is 14.9. The van der Waals surface area contributed by atoms with Gasteiger partial charge in [0.2, 0.25) is 11.6 Å². The van der Waals surface area contributed by atoms with Gasteiger partial charge in [0.15, 0.2) is 5.71 Å². The van der Waals surface area contributed by atoms with Crippen molar-refractivity contribution in [3.8, 4) is 0 Å². The molecule has 1 aromatic heterocycles. The van der Waals surface area contributed by atoms with E-state index >= 15 is 0 Å². The predicted molar refractivity (Wildman–Crippen MR) is 272 cm³/mol. The third kappa shape index (κ3) is 16.8. The molecule has 23 nitrogen and oxygen atoms in total. The Kier molecular flexibility index (Phi) is 20.3. The van der Waals surface area contributed by atoms with Crippen LogP contribution in [-0.4, -0.2) is 127 Å². The number of fused-ring (bicyclic) bond motifs is 2. The standard InChI is InChI=1S/C46H64N10O13S4/c1-45(2)38-31-36(72(64,65)66)18-20-40(38)55(27-10-5-8-17-44(57)49-24-13-26-54-34-35(51-53-54)33-48-23-12-25-50-52-47)42(45)15-6-4-7-16-43-46(3,22-9-11-29-70(58,59)60)39-32-37(73(67,68)69)19-21-41(39)56(43)28-14-30-71(61,62)63/h4,6-7,15-16,18-21,31-32,34,48H,5,8-14,17,22-30,33H2,1-3H3,(H4-,49,57,58,59,60,61,62,63,64,65,66,67,68,69). The Morgan fingerprint density at radius 2 is 1.55 bits per heavy atom. The maximum atomic E-state index is 12.7. The van der Waals surface area contributed by atoms with Crippen molar-refractivity contribution in [3.63, 3.8) is 0 Å². The minimum Gasteiger partial charge on any atom is -0.744 e. The van der Waals surface area contributed by atoms with Crippen LogP contribution in [0.3, 0.4) is 0 Å². The Hall–Kier alpha value is -5.35. The van der Waals surface area contributed by atoms with Crippen LogP contribution < -0.4 is 15.5 Å². The fourth-order valence-corrected chi connectivity index (χ4v) is 11.2. The molecule has 3 heterocycles. The quantitative estimate of drug-likeness (QED) is 0.0105. The number of rotatable bonds is 30. The first-order valence-electron chi connectivity index (χ1n) is 23.7. The van der Waals surface area contributed by atoms with Crippen LogP contribution in [0, 0.1) is 0 Å². The number of carbonyl (C=O) groups is 1. The van der Waals surface area contributed by atoms with Crippen molar-refractivity contribution in [1.29, 1.82) is 0 Å². The Labute approximate surface area is 427 Å². The molecule has 0 bridgehead atoms. The first-order valence-corrected chi connectivity index (χ1v) is 29.8. The van der Waals surface area contributed by atoms with E-state index in [2.05, 4.69) is 35.5 Å². The number of benzene rings is 2. The van der Waals surface area contributed by atoms with Gasteiger partial charge < -0.3 is 20.1 Å². The van der Waals surface area contributed by atoms with Gasteiger partial charge in [-0.1, -0.05) is 35.0 Å². The SMILES string of the molecule is CC1(C)C(/C=C/C=C/C=C2/N(CCCS(=O)(=O)O)c3ccc(S(=O)(=O)O)cc3C2(C)CCCCS(=O)(=O)O)=[N+](CCCCCC(=O)NCCCn2cc(CNCCCN=[N+]=[N-])nn2)c2ccc(S(=O)(=O)[O-])cc21. The lowest BCUT2D eigenvalue weighted by molar-refractivity contribution is -0.438. The summed E-state index contributed by atoms with van der Waals surface area (Å²) in [5.74, 6) is -1.16. The van der Waals surface area contributed by atoms with E-state index in [0.717, 1.165) is 17.1 Å². The first kappa shape index (κ1) is 58.5. The van der Waals surface area contributed by atoms with Gasteiger partial charge >= 0.3 is 0 Å². The molecule has 1 amide bonds. The number of azide groups is 1. The topological polar surface area (TPSA) is 347 Å². The zero-order chi connectivity index (χ0) is 53.7. The van der Waals surface area contributed by atoms with Gasteiger partial charge in [-0.25, -0.2) is 8.42 Å². The van der Waals surface area contributed by atoms with Gasteiger partial charge in [-0.05, 0) is 120 Å². The summed E-state index contributed by atoms with van der Waals surface area (Å²) in [5.41, 5.74) is 11.0. The minimum absolute atomic E-state index is 0.0263. The fourth-order valence-electron chi connectivity index (χ4n) is 9.13. The number of allylic oxidation sites excluding steroid dienone is 6. The molecule has 27 heteroatoms. The van der Waals surface area contributed by atoms with Gasteiger partial charge in [0, 0.05) is 91.2 Å². The maximum Gasteiger partial charge on any atom is 0.294 e. The van der Waals surface area contributed by atoms with E-state index in [1.165, 1.54) is 30.3 Å². The van der Waals surface area contributed by atoms with Gasteiger partial charge in [0.05, 0.1) is 32.4 Å². The molecule has 2 aromatic carbocycles. The van der Waals surface area contributed by atoms with Crippen LogP contribution in [0.4, 0.5) is 11.4 Å². The van der Waals surface area contributed by atoms with Crippen LogP contribution in [0.25, 0.3) is 10.4 Å². The molecule has 0 saturated heterocycles. The summed E-state index contributed by atoms with van der Waals surface area (Å²) >= 11 is 0. The van der Waals surface area contributed by atoms with Crippen LogP contribution in [0.2, 0.25) is 0 Å². The van der Waals surface area contributed by atoms with Crippen molar-refractivity contribution in [1.82, 2.24) is 25.6 Å². The normalized spacial score (nSPS) is 17.5. The molecule has 5 N–H and O–H groups in total. The number of nitrogens with zero attached hydrogens (tertiary/aromatic N) is 8. The van der Waals surface area contributed by atoms with E-state index in [1.54, 1.807) is 46.9 Å². The summed E-state index contributed by atoms with van der Waals surface area (Å²) in [4.78, 5) is 16.5. The second kappa shape index (κ2) is 25.3. The average Bonchev–Trinajstić information content (AvgIpc) is 3.91. The lowest BCUT2D eigenvalue weighted by Gasteiger charge is -2.30. The molecule has 2 aliphatic heterocycles. The second-order valence-corrected chi connectivity index (χ2v) is 24.5. The molecule has 5 rings (SSSR count). The molecule has 0 radical (unpaired) electrons. The number of anilines is 1. The van der Waals surface area contributed by atoms with Crippen molar-refractivity contribution < 1.29 is 61.3 Å². The number of aryl methyl sites for hydroxylation is 1. The second-order valence-electron chi connectivity index (χ2n) is 18.6. The highest BCUT2D eigenvalue weighted by Crippen LogP contribution is 2.51. The van der Waals surface area contributed by atoms with Crippen molar-refractivity contribution in [2.75, 3.05) is 49.1 Å². The largest absolute Gasteiger partial charge is 0.744 e. The highest BCUT2D eigenvalue weighted by molar-refractivity contribution is 7.86. The average molecular weight is 1090 g/mol. The minimum atomic E-state index is -4.77. The molecule has 0 aliphatic carbocycles. The molecule has 1 unspecified atom stereocenters. The molecule has 0 spiro atoms. The van der Waals surface area contributed by atoms with Crippen molar-refractivity contribution in [2.45, 2.75) is 119 Å². The number of amides is 1. The molecule has 400 valence electrons. The Morgan fingerprint density at radius 1 is 0.836 bits per heavy atom. The van der Waals surface area contributed by atoms with E-state index in [4.69, 9.17) is 5.53 Å². The van der Waals surface area contributed by atoms with E-state index in [9.17, 15) is 56.7 Å². The number of carbonyl (C=O) groups excluding carboxylic acids is 1. The summed E-state index contributed by atoms with van der Waals surface area (Å²) in [7, 11) is -18.0. The molecule has 2 aliphatic rings. The highest BCUT2D eigenvalue weighted by atomic mass is 32.2. The Bertz CT molecular complexity index is 3110. The van der Waals surface area contributed by atoms with Crippen molar-refractivity contribution >= 4 is 63.5 Å². The lowest BCUT2D eigenvalue weighted by Crippen LogP contribution is -2.30. The molecule has 3 aromatic rings. The smallest absolute Gasteiger partial charge is 0.294 e. The molecule has 73 heavy (non-hydrogen) atoms. The summed E-state index contributed by atoms with van der Waals surface area (Å²) < 4.78 is 140.